The second kappa shape index (κ2) is 8.34. The quantitative estimate of drug-likeness (QED) is 0.613. The highest BCUT2D eigenvalue weighted by Gasteiger charge is 2.17. The van der Waals surface area contributed by atoms with E-state index in [2.05, 4.69) is 0 Å². The van der Waals surface area contributed by atoms with E-state index in [0.717, 1.165) is 11.1 Å². The van der Waals surface area contributed by atoms with E-state index in [9.17, 15) is 9.59 Å². The lowest BCUT2D eigenvalue weighted by Gasteiger charge is -2.27. The van der Waals surface area contributed by atoms with Crippen molar-refractivity contribution in [1.82, 2.24) is 4.90 Å². The third-order valence-electron chi connectivity index (χ3n) is 3.45. The standard InChI is InChI=1S/C17H21NO4/c1-2-22-17(20)8-7-14-5-3-4-6-15(14)13-16(19)18-9-11-21-12-10-18/h3-8H,2,9-13H2,1H3. The summed E-state index contributed by atoms with van der Waals surface area (Å²) in [5.74, 6) is -0.294. The molecule has 1 fully saturated rings. The Kier molecular flexibility index (Phi) is 6.15. The number of hydrogen-bond donors (Lipinski definition) is 0. The number of esters is 1. The van der Waals surface area contributed by atoms with Crippen LogP contribution in [0.2, 0.25) is 0 Å². The Labute approximate surface area is 130 Å². The molecule has 0 aliphatic carbocycles. The van der Waals surface area contributed by atoms with Crippen molar-refractivity contribution in [2.24, 2.45) is 0 Å². The molecule has 2 rings (SSSR count). The van der Waals surface area contributed by atoms with Gasteiger partial charge in [-0.2, -0.15) is 0 Å². The van der Waals surface area contributed by atoms with Crippen molar-refractivity contribution in [3.05, 3.63) is 41.5 Å². The van der Waals surface area contributed by atoms with Gasteiger partial charge in [0.2, 0.25) is 5.91 Å². The molecule has 1 saturated heterocycles. The normalized spacial score (nSPS) is 15.0. The lowest BCUT2D eigenvalue weighted by Crippen LogP contribution is -2.41. The fraction of sp³-hybridized carbons (Fsp3) is 0.412. The highest BCUT2D eigenvalue weighted by Crippen LogP contribution is 2.13. The van der Waals surface area contributed by atoms with Crippen LogP contribution in [0.1, 0.15) is 18.1 Å². The first kappa shape index (κ1) is 16.2. The minimum Gasteiger partial charge on any atom is -0.463 e. The number of rotatable bonds is 5. The maximum atomic E-state index is 12.3. The van der Waals surface area contributed by atoms with Crippen molar-refractivity contribution in [1.29, 1.82) is 0 Å². The van der Waals surface area contributed by atoms with E-state index in [1.807, 2.05) is 29.2 Å². The molecular formula is C17H21NO4. The van der Waals surface area contributed by atoms with Crippen LogP contribution >= 0.6 is 0 Å². The molecule has 0 bridgehead atoms. The van der Waals surface area contributed by atoms with Crippen molar-refractivity contribution in [3.63, 3.8) is 0 Å². The van der Waals surface area contributed by atoms with Gasteiger partial charge < -0.3 is 14.4 Å². The van der Waals surface area contributed by atoms with Crippen LogP contribution in [-0.4, -0.2) is 49.7 Å². The first-order valence-electron chi connectivity index (χ1n) is 7.49. The van der Waals surface area contributed by atoms with E-state index in [1.165, 1.54) is 6.08 Å². The first-order valence-corrected chi connectivity index (χ1v) is 7.49. The Balaban J connectivity index is 2.04. The van der Waals surface area contributed by atoms with E-state index in [-0.39, 0.29) is 11.9 Å². The second-order valence-corrected chi connectivity index (χ2v) is 4.95. The van der Waals surface area contributed by atoms with Gasteiger partial charge in [0.25, 0.3) is 0 Å². The van der Waals surface area contributed by atoms with Crippen molar-refractivity contribution < 1.29 is 19.1 Å². The average Bonchev–Trinajstić information content (AvgIpc) is 2.55. The summed E-state index contributed by atoms with van der Waals surface area (Å²) < 4.78 is 10.1. The molecule has 5 nitrogen and oxygen atoms in total. The van der Waals surface area contributed by atoms with Crippen LogP contribution in [0.3, 0.4) is 0 Å². The van der Waals surface area contributed by atoms with Gasteiger partial charge in [-0.05, 0) is 24.1 Å². The summed E-state index contributed by atoms with van der Waals surface area (Å²) in [4.78, 5) is 25.5. The Morgan fingerprint density at radius 1 is 1.27 bits per heavy atom. The van der Waals surface area contributed by atoms with Crippen molar-refractivity contribution in [2.75, 3.05) is 32.9 Å². The fourth-order valence-corrected chi connectivity index (χ4v) is 2.29. The molecule has 1 amide bonds. The van der Waals surface area contributed by atoms with Gasteiger partial charge in [0.05, 0.1) is 26.2 Å². The summed E-state index contributed by atoms with van der Waals surface area (Å²) in [6.45, 7) is 4.58. The van der Waals surface area contributed by atoms with Gasteiger partial charge in [-0.3, -0.25) is 4.79 Å². The predicted octanol–water partition coefficient (Wildman–Crippen LogP) is 1.66. The van der Waals surface area contributed by atoms with Gasteiger partial charge in [-0.1, -0.05) is 24.3 Å². The topological polar surface area (TPSA) is 55.8 Å². The van der Waals surface area contributed by atoms with Gasteiger partial charge in [0, 0.05) is 19.2 Å². The lowest BCUT2D eigenvalue weighted by atomic mass is 10.0. The first-order chi connectivity index (χ1) is 10.7. The van der Waals surface area contributed by atoms with Crippen molar-refractivity contribution >= 4 is 18.0 Å². The summed E-state index contributed by atoms with van der Waals surface area (Å²) in [7, 11) is 0. The number of hydrogen-bond acceptors (Lipinski definition) is 4. The third kappa shape index (κ3) is 4.70. The van der Waals surface area contributed by atoms with Crippen LogP contribution in [-0.2, 0) is 25.5 Å². The maximum absolute atomic E-state index is 12.3. The minimum atomic E-state index is -0.378. The Morgan fingerprint density at radius 2 is 2.00 bits per heavy atom. The van der Waals surface area contributed by atoms with E-state index >= 15 is 0 Å². The zero-order valence-corrected chi connectivity index (χ0v) is 12.8. The SMILES string of the molecule is CCOC(=O)C=Cc1ccccc1CC(=O)N1CCOCC1. The third-order valence-corrected chi connectivity index (χ3v) is 3.45. The lowest BCUT2D eigenvalue weighted by molar-refractivity contribution is -0.137. The van der Waals surface area contributed by atoms with E-state index in [1.54, 1.807) is 13.0 Å². The van der Waals surface area contributed by atoms with Gasteiger partial charge in [-0.15, -0.1) is 0 Å². The molecule has 5 heteroatoms. The van der Waals surface area contributed by atoms with Crippen LogP contribution in [0.25, 0.3) is 6.08 Å². The monoisotopic (exact) mass is 303 g/mol. The number of benzene rings is 1. The molecule has 0 aromatic heterocycles. The van der Waals surface area contributed by atoms with Gasteiger partial charge in [0.15, 0.2) is 0 Å². The number of carbonyl (C=O) groups excluding carboxylic acids is 2. The smallest absolute Gasteiger partial charge is 0.330 e. The number of amides is 1. The summed E-state index contributed by atoms with van der Waals surface area (Å²) in [6, 6.07) is 7.57. The number of nitrogens with zero attached hydrogens (tertiary/aromatic N) is 1. The zero-order valence-electron chi connectivity index (χ0n) is 12.8. The zero-order chi connectivity index (χ0) is 15.8. The van der Waals surface area contributed by atoms with Crippen LogP contribution in [0.15, 0.2) is 30.3 Å². The summed E-state index contributed by atoms with van der Waals surface area (Å²) >= 11 is 0. The Bertz CT molecular complexity index is 547. The molecule has 1 aromatic carbocycles. The average molecular weight is 303 g/mol. The van der Waals surface area contributed by atoms with Gasteiger partial charge in [0.1, 0.15) is 0 Å². The fourth-order valence-electron chi connectivity index (χ4n) is 2.29. The molecule has 1 aliphatic heterocycles. The largest absolute Gasteiger partial charge is 0.463 e. The van der Waals surface area contributed by atoms with Crippen LogP contribution < -0.4 is 0 Å². The molecule has 0 N–H and O–H groups in total. The van der Waals surface area contributed by atoms with E-state index in [0.29, 0.717) is 39.3 Å². The number of carbonyl (C=O) groups is 2. The van der Waals surface area contributed by atoms with Gasteiger partial charge >= 0.3 is 5.97 Å². The maximum Gasteiger partial charge on any atom is 0.330 e. The predicted molar refractivity (Wildman–Crippen MR) is 83.2 cm³/mol. The molecule has 0 unspecified atom stereocenters. The molecule has 0 spiro atoms. The molecule has 22 heavy (non-hydrogen) atoms. The van der Waals surface area contributed by atoms with Crippen LogP contribution in [0.4, 0.5) is 0 Å². The summed E-state index contributed by atoms with van der Waals surface area (Å²) in [5.41, 5.74) is 1.76. The second-order valence-electron chi connectivity index (χ2n) is 4.95. The Morgan fingerprint density at radius 3 is 2.73 bits per heavy atom. The molecule has 1 aromatic rings. The minimum absolute atomic E-state index is 0.0836. The van der Waals surface area contributed by atoms with E-state index < -0.39 is 0 Å². The summed E-state index contributed by atoms with van der Waals surface area (Å²) in [5, 5.41) is 0. The molecule has 0 atom stereocenters. The molecule has 0 saturated carbocycles. The molecule has 1 heterocycles. The summed E-state index contributed by atoms with van der Waals surface area (Å²) in [6.07, 6.45) is 3.41. The van der Waals surface area contributed by atoms with Crippen LogP contribution in [0.5, 0.6) is 0 Å². The molecular weight excluding hydrogens is 282 g/mol. The number of morpholine rings is 1. The van der Waals surface area contributed by atoms with Crippen molar-refractivity contribution in [2.45, 2.75) is 13.3 Å². The molecule has 0 radical (unpaired) electrons. The highest BCUT2D eigenvalue weighted by molar-refractivity contribution is 5.88. The number of ether oxygens (including phenoxy) is 2. The molecule has 118 valence electrons. The molecule has 1 aliphatic rings. The van der Waals surface area contributed by atoms with Crippen molar-refractivity contribution in [3.8, 4) is 0 Å². The van der Waals surface area contributed by atoms with E-state index in [4.69, 9.17) is 9.47 Å². The highest BCUT2D eigenvalue weighted by atomic mass is 16.5. The van der Waals surface area contributed by atoms with Crippen LogP contribution in [0, 0.1) is 0 Å². The Hall–Kier alpha value is -2.14. The van der Waals surface area contributed by atoms with Gasteiger partial charge in [-0.25, -0.2) is 4.79 Å².